The highest BCUT2D eigenvalue weighted by Gasteiger charge is 2.26. The summed E-state index contributed by atoms with van der Waals surface area (Å²) in [6.07, 6.45) is 11.0. The van der Waals surface area contributed by atoms with Gasteiger partial charge in [0.2, 0.25) is 0 Å². The van der Waals surface area contributed by atoms with Crippen molar-refractivity contribution in [3.05, 3.63) is 0 Å². The maximum absolute atomic E-state index is 4.72. The second-order valence-electron chi connectivity index (χ2n) is 7.34. The van der Waals surface area contributed by atoms with Crippen LogP contribution in [0.2, 0.25) is 0 Å². The van der Waals surface area contributed by atoms with Crippen LogP contribution in [-0.2, 0) is 0 Å². The van der Waals surface area contributed by atoms with E-state index in [-0.39, 0.29) is 0 Å². The van der Waals surface area contributed by atoms with Crippen LogP contribution < -0.4 is 5.32 Å². The molecule has 2 rings (SSSR count). The van der Waals surface area contributed by atoms with Gasteiger partial charge >= 0.3 is 0 Å². The highest BCUT2D eigenvalue weighted by Crippen LogP contribution is 2.32. The molecule has 3 heteroatoms. The number of hydrogen-bond donors (Lipinski definition) is 1. The molecular formula is C16H30N2S. The van der Waals surface area contributed by atoms with Crippen LogP contribution in [0.3, 0.4) is 0 Å². The Balaban J connectivity index is 1.74. The number of nitrogens with one attached hydrogen (secondary N) is 1. The van der Waals surface area contributed by atoms with Crippen LogP contribution >= 0.6 is 11.8 Å². The third kappa shape index (κ3) is 5.76. The molecule has 1 aliphatic heterocycles. The lowest BCUT2D eigenvalue weighted by Gasteiger charge is -2.23. The summed E-state index contributed by atoms with van der Waals surface area (Å²) in [6, 6.07) is 0.680. The third-order valence-corrected chi connectivity index (χ3v) is 5.11. The van der Waals surface area contributed by atoms with Crippen molar-refractivity contribution in [1.82, 2.24) is 5.32 Å². The SMILES string of the molecule is CC(C)(C)CC1CN=C(NC2CCCCCCC2)S1. The van der Waals surface area contributed by atoms with E-state index in [1.807, 2.05) is 11.8 Å². The Bertz CT molecular complexity index is 298. The van der Waals surface area contributed by atoms with Crippen LogP contribution in [0.4, 0.5) is 0 Å². The van der Waals surface area contributed by atoms with Gasteiger partial charge in [-0.2, -0.15) is 0 Å². The first-order valence-electron chi connectivity index (χ1n) is 8.00. The van der Waals surface area contributed by atoms with E-state index in [1.165, 1.54) is 56.5 Å². The van der Waals surface area contributed by atoms with E-state index < -0.39 is 0 Å². The molecule has 0 spiro atoms. The summed E-state index contributed by atoms with van der Waals surface area (Å²) in [5, 5.41) is 5.63. The number of aliphatic imine (C=N–C) groups is 1. The Morgan fingerprint density at radius 1 is 1.11 bits per heavy atom. The molecule has 1 fully saturated rings. The lowest BCUT2D eigenvalue weighted by Crippen LogP contribution is -2.33. The van der Waals surface area contributed by atoms with E-state index in [0.717, 1.165) is 6.54 Å². The number of amidine groups is 1. The van der Waals surface area contributed by atoms with E-state index >= 15 is 0 Å². The highest BCUT2D eigenvalue weighted by atomic mass is 32.2. The van der Waals surface area contributed by atoms with Gasteiger partial charge < -0.3 is 5.32 Å². The Kier molecular flexibility index (Phi) is 5.61. The van der Waals surface area contributed by atoms with Crippen LogP contribution in [0.1, 0.15) is 72.1 Å². The van der Waals surface area contributed by atoms with Crippen LogP contribution in [-0.4, -0.2) is 23.0 Å². The van der Waals surface area contributed by atoms with Crippen molar-refractivity contribution < 1.29 is 0 Å². The molecule has 2 aliphatic rings. The molecular weight excluding hydrogens is 252 g/mol. The van der Waals surface area contributed by atoms with Gasteiger partial charge in [0.15, 0.2) is 5.17 Å². The molecule has 1 atom stereocenters. The first-order valence-corrected chi connectivity index (χ1v) is 8.88. The Morgan fingerprint density at radius 3 is 2.37 bits per heavy atom. The Hall–Kier alpha value is -0.180. The second kappa shape index (κ2) is 7.01. The van der Waals surface area contributed by atoms with Gasteiger partial charge in [-0.3, -0.25) is 4.99 Å². The number of rotatable bonds is 2. The van der Waals surface area contributed by atoms with Gasteiger partial charge in [-0.1, -0.05) is 64.6 Å². The summed E-state index contributed by atoms with van der Waals surface area (Å²) < 4.78 is 0. The third-order valence-electron chi connectivity index (χ3n) is 3.99. The van der Waals surface area contributed by atoms with Crippen molar-refractivity contribution in [2.45, 2.75) is 83.4 Å². The molecule has 0 radical (unpaired) electrons. The molecule has 1 aliphatic carbocycles. The van der Waals surface area contributed by atoms with Crippen molar-refractivity contribution in [1.29, 1.82) is 0 Å². The van der Waals surface area contributed by atoms with Gasteiger partial charge in [0, 0.05) is 11.3 Å². The average molecular weight is 282 g/mol. The summed E-state index contributed by atoms with van der Waals surface area (Å²) in [5.41, 5.74) is 0.420. The zero-order valence-corrected chi connectivity index (χ0v) is 13.7. The molecule has 0 aromatic heterocycles. The van der Waals surface area contributed by atoms with Gasteiger partial charge in [0.05, 0.1) is 6.54 Å². The second-order valence-corrected chi connectivity index (χ2v) is 8.63. The minimum absolute atomic E-state index is 0.420. The van der Waals surface area contributed by atoms with E-state index in [0.29, 0.717) is 16.7 Å². The number of thioether (sulfide) groups is 1. The number of hydrogen-bond acceptors (Lipinski definition) is 3. The fourth-order valence-electron chi connectivity index (χ4n) is 3.06. The highest BCUT2D eigenvalue weighted by molar-refractivity contribution is 8.14. The van der Waals surface area contributed by atoms with Crippen LogP contribution in [0.15, 0.2) is 4.99 Å². The largest absolute Gasteiger partial charge is 0.362 e. The molecule has 0 aromatic carbocycles. The summed E-state index contributed by atoms with van der Waals surface area (Å²) in [5.74, 6) is 0. The summed E-state index contributed by atoms with van der Waals surface area (Å²) >= 11 is 1.98. The first kappa shape index (κ1) is 15.2. The minimum atomic E-state index is 0.420. The summed E-state index contributed by atoms with van der Waals surface area (Å²) in [4.78, 5) is 4.72. The van der Waals surface area contributed by atoms with Crippen molar-refractivity contribution >= 4 is 16.9 Å². The van der Waals surface area contributed by atoms with Crippen LogP contribution in [0.5, 0.6) is 0 Å². The molecule has 1 N–H and O–H groups in total. The van der Waals surface area contributed by atoms with E-state index in [2.05, 4.69) is 26.1 Å². The predicted molar refractivity (Wildman–Crippen MR) is 87.0 cm³/mol. The molecule has 110 valence electrons. The lowest BCUT2D eigenvalue weighted by molar-refractivity contribution is 0.375. The first-order chi connectivity index (χ1) is 9.03. The molecule has 19 heavy (non-hydrogen) atoms. The van der Waals surface area contributed by atoms with Crippen molar-refractivity contribution in [2.24, 2.45) is 10.4 Å². The molecule has 0 aromatic rings. The van der Waals surface area contributed by atoms with Gasteiger partial charge in [-0.15, -0.1) is 0 Å². The van der Waals surface area contributed by atoms with Crippen LogP contribution in [0, 0.1) is 5.41 Å². The van der Waals surface area contributed by atoms with Crippen molar-refractivity contribution in [2.75, 3.05) is 6.54 Å². The standard InChI is InChI=1S/C16H30N2S/c1-16(2,3)11-14-12-17-15(19-14)18-13-9-7-5-4-6-8-10-13/h13-14H,4-12H2,1-3H3,(H,17,18). The van der Waals surface area contributed by atoms with Gasteiger partial charge in [0.25, 0.3) is 0 Å². The predicted octanol–water partition coefficient (Wildman–Crippen LogP) is 4.60. The molecule has 0 bridgehead atoms. The quantitative estimate of drug-likeness (QED) is 0.800. The fraction of sp³-hybridized carbons (Fsp3) is 0.938. The lowest BCUT2D eigenvalue weighted by atomic mass is 9.90. The fourth-order valence-corrected chi connectivity index (χ4v) is 4.49. The maximum atomic E-state index is 4.72. The van der Waals surface area contributed by atoms with Gasteiger partial charge in [0.1, 0.15) is 0 Å². The van der Waals surface area contributed by atoms with Gasteiger partial charge in [-0.25, -0.2) is 0 Å². The van der Waals surface area contributed by atoms with E-state index in [9.17, 15) is 0 Å². The average Bonchev–Trinajstić information content (AvgIpc) is 2.67. The number of nitrogens with zero attached hydrogens (tertiary/aromatic N) is 1. The summed E-state index contributed by atoms with van der Waals surface area (Å²) in [7, 11) is 0. The summed E-state index contributed by atoms with van der Waals surface area (Å²) in [6.45, 7) is 7.99. The van der Waals surface area contributed by atoms with Gasteiger partial charge in [-0.05, 0) is 24.7 Å². The molecule has 1 saturated carbocycles. The van der Waals surface area contributed by atoms with E-state index in [1.54, 1.807) is 0 Å². The van der Waals surface area contributed by atoms with Crippen LogP contribution in [0.25, 0.3) is 0 Å². The normalized spacial score (nSPS) is 26.7. The minimum Gasteiger partial charge on any atom is -0.362 e. The monoisotopic (exact) mass is 282 g/mol. The maximum Gasteiger partial charge on any atom is 0.157 e. The zero-order chi connectivity index (χ0) is 13.7. The molecule has 1 heterocycles. The molecule has 2 nitrogen and oxygen atoms in total. The molecule has 1 unspecified atom stereocenters. The molecule has 0 amide bonds. The Morgan fingerprint density at radius 2 is 1.74 bits per heavy atom. The Labute approximate surface area is 123 Å². The zero-order valence-electron chi connectivity index (χ0n) is 12.9. The van der Waals surface area contributed by atoms with Crippen molar-refractivity contribution in [3.63, 3.8) is 0 Å². The molecule has 0 saturated heterocycles. The van der Waals surface area contributed by atoms with E-state index in [4.69, 9.17) is 4.99 Å². The van der Waals surface area contributed by atoms with Crippen molar-refractivity contribution in [3.8, 4) is 0 Å². The smallest absolute Gasteiger partial charge is 0.157 e. The topological polar surface area (TPSA) is 24.4 Å².